The minimum absolute atomic E-state index is 0.0682. The lowest BCUT2D eigenvalue weighted by molar-refractivity contribution is 0.0866. The van der Waals surface area contributed by atoms with Gasteiger partial charge in [-0.05, 0) is 37.6 Å². The molecule has 4 heteroatoms. The Morgan fingerprint density at radius 3 is 2.79 bits per heavy atom. The van der Waals surface area contributed by atoms with Crippen molar-refractivity contribution in [3.63, 3.8) is 0 Å². The van der Waals surface area contributed by atoms with Gasteiger partial charge in [0.15, 0.2) is 0 Å². The number of amides is 1. The molecule has 4 nitrogen and oxygen atoms in total. The molecule has 1 aliphatic heterocycles. The molecule has 0 saturated carbocycles. The topological polar surface area (TPSA) is 58.6 Å². The third-order valence-electron chi connectivity index (χ3n) is 3.15. The van der Waals surface area contributed by atoms with Crippen LogP contribution >= 0.6 is 0 Å². The number of aliphatic hydroxyl groups excluding tert-OH is 1. The van der Waals surface area contributed by atoms with Crippen LogP contribution in [0.3, 0.4) is 0 Å². The first-order valence-corrected chi connectivity index (χ1v) is 6.33. The molecule has 0 aliphatic carbocycles. The first-order chi connectivity index (χ1) is 9.20. The Morgan fingerprint density at radius 1 is 1.47 bits per heavy atom. The van der Waals surface area contributed by atoms with Crippen molar-refractivity contribution in [1.82, 2.24) is 5.32 Å². The molecule has 2 unspecified atom stereocenters. The first kappa shape index (κ1) is 13.6. The third kappa shape index (κ3) is 3.57. The fourth-order valence-electron chi connectivity index (χ4n) is 2.02. The maximum absolute atomic E-state index is 12.0. The smallest absolute Gasteiger partial charge is 0.251 e. The fourth-order valence-corrected chi connectivity index (χ4v) is 2.02. The van der Waals surface area contributed by atoms with Crippen LogP contribution in [0.15, 0.2) is 24.3 Å². The molecule has 1 saturated heterocycles. The van der Waals surface area contributed by atoms with Crippen LogP contribution in [0, 0.1) is 11.8 Å². The van der Waals surface area contributed by atoms with Crippen LogP contribution in [0.2, 0.25) is 0 Å². The Balaban J connectivity index is 1.99. The van der Waals surface area contributed by atoms with Crippen molar-refractivity contribution >= 4 is 5.91 Å². The van der Waals surface area contributed by atoms with Crippen molar-refractivity contribution in [2.45, 2.75) is 25.5 Å². The van der Waals surface area contributed by atoms with E-state index in [0.29, 0.717) is 12.2 Å². The van der Waals surface area contributed by atoms with E-state index < -0.39 is 0 Å². The summed E-state index contributed by atoms with van der Waals surface area (Å²) in [7, 11) is 0. The van der Waals surface area contributed by atoms with E-state index in [-0.39, 0.29) is 24.7 Å². The lowest BCUT2D eigenvalue weighted by atomic mass is 10.1. The summed E-state index contributed by atoms with van der Waals surface area (Å²) in [5.41, 5.74) is 1.39. The quantitative estimate of drug-likeness (QED) is 0.777. The number of aliphatic hydroxyl groups is 1. The number of hydrogen-bond donors (Lipinski definition) is 2. The van der Waals surface area contributed by atoms with E-state index >= 15 is 0 Å². The molecular weight excluding hydrogens is 242 g/mol. The lowest BCUT2D eigenvalue weighted by Crippen LogP contribution is -2.39. The third-order valence-corrected chi connectivity index (χ3v) is 3.15. The SMILES string of the molecule is CC1OCCC1NC(=O)c1ccc(C#CCO)cc1. The molecular formula is C15H17NO3. The normalized spacial score (nSPS) is 21.6. The minimum Gasteiger partial charge on any atom is -0.384 e. The molecule has 1 aromatic rings. The van der Waals surface area contributed by atoms with Gasteiger partial charge in [0.05, 0.1) is 12.1 Å². The lowest BCUT2D eigenvalue weighted by Gasteiger charge is -2.15. The number of benzene rings is 1. The van der Waals surface area contributed by atoms with Crippen LogP contribution in [-0.4, -0.2) is 36.4 Å². The van der Waals surface area contributed by atoms with Crippen LogP contribution in [0.25, 0.3) is 0 Å². The number of hydrogen-bond acceptors (Lipinski definition) is 3. The molecule has 2 atom stereocenters. The largest absolute Gasteiger partial charge is 0.384 e. The molecule has 2 N–H and O–H groups in total. The second-order valence-corrected chi connectivity index (χ2v) is 4.48. The molecule has 0 bridgehead atoms. The summed E-state index contributed by atoms with van der Waals surface area (Å²) in [6.07, 6.45) is 0.922. The Kier molecular flexibility index (Phi) is 4.56. The Bertz CT molecular complexity index is 498. The molecule has 1 fully saturated rings. The highest BCUT2D eigenvalue weighted by atomic mass is 16.5. The minimum atomic E-state index is -0.165. The number of ether oxygens (including phenoxy) is 1. The van der Waals surface area contributed by atoms with Crippen molar-refractivity contribution in [2.75, 3.05) is 13.2 Å². The van der Waals surface area contributed by atoms with Crippen LogP contribution in [0.4, 0.5) is 0 Å². The predicted octanol–water partition coefficient (Wildman–Crippen LogP) is 0.938. The second kappa shape index (κ2) is 6.37. The van der Waals surface area contributed by atoms with Gasteiger partial charge in [0, 0.05) is 17.7 Å². The summed E-state index contributed by atoms with van der Waals surface area (Å²) < 4.78 is 5.41. The van der Waals surface area contributed by atoms with Crippen molar-refractivity contribution in [3.05, 3.63) is 35.4 Å². The fraction of sp³-hybridized carbons (Fsp3) is 0.400. The number of rotatable bonds is 2. The van der Waals surface area contributed by atoms with Gasteiger partial charge in [-0.25, -0.2) is 0 Å². The Hall–Kier alpha value is -1.83. The molecule has 1 amide bonds. The zero-order valence-electron chi connectivity index (χ0n) is 10.8. The van der Waals surface area contributed by atoms with Crippen LogP contribution in [0.5, 0.6) is 0 Å². The summed E-state index contributed by atoms with van der Waals surface area (Å²) in [6.45, 7) is 2.50. The van der Waals surface area contributed by atoms with E-state index in [1.807, 2.05) is 6.92 Å². The average Bonchev–Trinajstić information content (AvgIpc) is 2.82. The van der Waals surface area contributed by atoms with Gasteiger partial charge in [0.25, 0.3) is 5.91 Å². The van der Waals surface area contributed by atoms with Gasteiger partial charge in [-0.3, -0.25) is 4.79 Å². The van der Waals surface area contributed by atoms with E-state index in [1.165, 1.54) is 0 Å². The van der Waals surface area contributed by atoms with Gasteiger partial charge in [0.1, 0.15) is 6.61 Å². The number of carbonyl (C=O) groups excluding carboxylic acids is 1. The molecule has 2 rings (SSSR count). The van der Waals surface area contributed by atoms with Crippen LogP contribution in [0.1, 0.15) is 29.3 Å². The van der Waals surface area contributed by atoms with Gasteiger partial charge in [-0.1, -0.05) is 11.8 Å². The summed E-state index contributed by atoms with van der Waals surface area (Å²) in [5, 5.41) is 11.6. The molecule has 19 heavy (non-hydrogen) atoms. The summed E-state index contributed by atoms with van der Waals surface area (Å²) in [6, 6.07) is 7.09. The monoisotopic (exact) mass is 259 g/mol. The first-order valence-electron chi connectivity index (χ1n) is 6.33. The zero-order chi connectivity index (χ0) is 13.7. The van der Waals surface area contributed by atoms with Crippen molar-refractivity contribution < 1.29 is 14.6 Å². The predicted molar refractivity (Wildman–Crippen MR) is 71.7 cm³/mol. The maximum Gasteiger partial charge on any atom is 0.251 e. The summed E-state index contributed by atoms with van der Waals surface area (Å²) in [5.74, 6) is 5.26. The zero-order valence-corrected chi connectivity index (χ0v) is 10.8. The molecule has 0 aromatic heterocycles. The average molecular weight is 259 g/mol. The maximum atomic E-state index is 12.0. The van der Waals surface area contributed by atoms with Gasteiger partial charge in [-0.2, -0.15) is 0 Å². The standard InChI is InChI=1S/C15H17NO3/c1-11-14(8-10-19-11)16-15(18)13-6-4-12(5-7-13)3-2-9-17/h4-7,11,14,17H,8-10H2,1H3,(H,16,18). The highest BCUT2D eigenvalue weighted by Crippen LogP contribution is 2.13. The molecule has 0 radical (unpaired) electrons. The highest BCUT2D eigenvalue weighted by molar-refractivity contribution is 5.94. The summed E-state index contributed by atoms with van der Waals surface area (Å²) in [4.78, 5) is 12.0. The molecule has 0 spiro atoms. The van der Waals surface area contributed by atoms with E-state index in [1.54, 1.807) is 24.3 Å². The van der Waals surface area contributed by atoms with Gasteiger partial charge in [0.2, 0.25) is 0 Å². The van der Waals surface area contributed by atoms with Crippen LogP contribution < -0.4 is 5.32 Å². The molecule has 1 aromatic carbocycles. The van der Waals surface area contributed by atoms with Crippen molar-refractivity contribution in [2.24, 2.45) is 0 Å². The van der Waals surface area contributed by atoms with E-state index in [2.05, 4.69) is 17.2 Å². The highest BCUT2D eigenvalue weighted by Gasteiger charge is 2.25. The molecule has 1 aliphatic rings. The van der Waals surface area contributed by atoms with Crippen molar-refractivity contribution in [1.29, 1.82) is 0 Å². The van der Waals surface area contributed by atoms with E-state index in [9.17, 15) is 4.79 Å². The van der Waals surface area contributed by atoms with Gasteiger partial charge >= 0.3 is 0 Å². The number of nitrogens with one attached hydrogen (secondary N) is 1. The van der Waals surface area contributed by atoms with Crippen molar-refractivity contribution in [3.8, 4) is 11.8 Å². The van der Waals surface area contributed by atoms with E-state index in [0.717, 1.165) is 12.0 Å². The molecule has 100 valence electrons. The van der Waals surface area contributed by atoms with Crippen LogP contribution in [-0.2, 0) is 4.74 Å². The van der Waals surface area contributed by atoms with Gasteiger partial charge < -0.3 is 15.2 Å². The number of carbonyl (C=O) groups is 1. The van der Waals surface area contributed by atoms with Gasteiger partial charge in [-0.15, -0.1) is 0 Å². The Labute approximate surface area is 112 Å². The van der Waals surface area contributed by atoms with E-state index in [4.69, 9.17) is 9.84 Å². The molecule has 1 heterocycles. The Morgan fingerprint density at radius 2 is 2.21 bits per heavy atom. The summed E-state index contributed by atoms with van der Waals surface area (Å²) >= 11 is 0. The second-order valence-electron chi connectivity index (χ2n) is 4.48.